The van der Waals surface area contributed by atoms with E-state index in [1.54, 1.807) is 18.5 Å². The maximum absolute atomic E-state index is 12.2. The van der Waals surface area contributed by atoms with Gasteiger partial charge in [-0.05, 0) is 30.4 Å². The van der Waals surface area contributed by atoms with E-state index in [-0.39, 0.29) is 18.6 Å². The van der Waals surface area contributed by atoms with Gasteiger partial charge in [-0.1, -0.05) is 11.8 Å². The van der Waals surface area contributed by atoms with Gasteiger partial charge in [-0.25, -0.2) is 0 Å². The maximum atomic E-state index is 12.2. The Morgan fingerprint density at radius 1 is 1.53 bits per heavy atom. The number of aliphatic hydroxyl groups is 1. The Labute approximate surface area is 117 Å². The van der Waals surface area contributed by atoms with Crippen molar-refractivity contribution in [1.82, 2.24) is 10.3 Å². The molecule has 2 heterocycles. The first-order chi connectivity index (χ1) is 9.31. The molecule has 1 amide bonds. The molecule has 19 heavy (non-hydrogen) atoms. The average Bonchev–Trinajstić information content (AvgIpc) is 2.46. The smallest absolute Gasteiger partial charge is 0.252 e. The van der Waals surface area contributed by atoms with Crippen molar-refractivity contribution in [2.75, 3.05) is 18.1 Å². The predicted molar refractivity (Wildman–Crippen MR) is 76.0 cm³/mol. The highest BCUT2D eigenvalue weighted by atomic mass is 32.2. The van der Waals surface area contributed by atoms with Gasteiger partial charge in [0.25, 0.3) is 5.91 Å². The number of aromatic nitrogens is 1. The lowest BCUT2D eigenvalue weighted by molar-refractivity contribution is 0.0934. The second kappa shape index (κ2) is 7.17. The molecule has 0 atom stereocenters. The molecule has 1 aliphatic heterocycles. The number of rotatable bonds is 2. The zero-order valence-corrected chi connectivity index (χ0v) is 11.4. The number of pyridine rings is 1. The number of carbonyl (C=O) groups excluding carboxylic acids is 1. The Hall–Kier alpha value is -1.51. The van der Waals surface area contributed by atoms with E-state index in [0.717, 1.165) is 24.3 Å². The summed E-state index contributed by atoms with van der Waals surface area (Å²) >= 11 is 1.92. The van der Waals surface area contributed by atoms with E-state index in [2.05, 4.69) is 22.1 Å². The standard InChI is InChI=1S/C14H16N2O2S/c17-7-1-2-11-10-15-6-3-13(11)14(18)16-12-4-8-19-9-5-12/h3,6,10,12,17H,4-5,7-9H2,(H,16,18). The fraction of sp³-hybridized carbons (Fsp3) is 0.429. The zero-order valence-electron chi connectivity index (χ0n) is 10.6. The van der Waals surface area contributed by atoms with E-state index in [1.165, 1.54) is 0 Å². The Morgan fingerprint density at radius 2 is 2.32 bits per heavy atom. The lowest BCUT2D eigenvalue weighted by Crippen LogP contribution is -2.37. The van der Waals surface area contributed by atoms with Gasteiger partial charge in [0.05, 0.1) is 11.1 Å². The third-order valence-electron chi connectivity index (χ3n) is 2.92. The number of nitrogens with one attached hydrogen (secondary N) is 1. The van der Waals surface area contributed by atoms with Gasteiger partial charge in [0.2, 0.25) is 0 Å². The third kappa shape index (κ3) is 3.98. The third-order valence-corrected chi connectivity index (χ3v) is 3.97. The zero-order chi connectivity index (χ0) is 13.5. The SMILES string of the molecule is O=C(NC1CCSCC1)c1ccncc1C#CCO. The van der Waals surface area contributed by atoms with Crippen molar-refractivity contribution in [2.45, 2.75) is 18.9 Å². The van der Waals surface area contributed by atoms with Crippen molar-refractivity contribution in [3.63, 3.8) is 0 Å². The largest absolute Gasteiger partial charge is 0.384 e. The average molecular weight is 276 g/mol. The summed E-state index contributed by atoms with van der Waals surface area (Å²) in [5.74, 6) is 7.38. The van der Waals surface area contributed by atoms with Crippen molar-refractivity contribution < 1.29 is 9.90 Å². The van der Waals surface area contributed by atoms with Crippen LogP contribution in [0.2, 0.25) is 0 Å². The highest BCUT2D eigenvalue weighted by Crippen LogP contribution is 2.17. The van der Waals surface area contributed by atoms with Crippen molar-refractivity contribution in [2.24, 2.45) is 0 Å². The van der Waals surface area contributed by atoms with E-state index >= 15 is 0 Å². The van der Waals surface area contributed by atoms with Crippen LogP contribution < -0.4 is 5.32 Å². The molecule has 1 saturated heterocycles. The normalized spacial score (nSPS) is 15.4. The maximum Gasteiger partial charge on any atom is 0.252 e. The molecule has 0 aromatic carbocycles. The molecule has 1 fully saturated rings. The van der Waals surface area contributed by atoms with Crippen LogP contribution in [0.25, 0.3) is 0 Å². The van der Waals surface area contributed by atoms with Crippen LogP contribution in [-0.4, -0.2) is 40.2 Å². The lowest BCUT2D eigenvalue weighted by Gasteiger charge is -2.22. The Morgan fingerprint density at radius 3 is 3.05 bits per heavy atom. The highest BCUT2D eigenvalue weighted by Gasteiger charge is 2.18. The minimum Gasteiger partial charge on any atom is -0.384 e. The molecule has 0 radical (unpaired) electrons. The van der Waals surface area contributed by atoms with Gasteiger partial charge in [-0.2, -0.15) is 11.8 Å². The van der Waals surface area contributed by atoms with E-state index in [9.17, 15) is 4.79 Å². The summed E-state index contributed by atoms with van der Waals surface area (Å²) in [6, 6.07) is 1.91. The number of amides is 1. The van der Waals surface area contributed by atoms with Crippen LogP contribution in [0.4, 0.5) is 0 Å². The van der Waals surface area contributed by atoms with E-state index < -0.39 is 0 Å². The molecule has 1 aromatic heterocycles. The molecule has 0 spiro atoms. The van der Waals surface area contributed by atoms with Crippen molar-refractivity contribution in [3.8, 4) is 11.8 Å². The number of nitrogens with zero attached hydrogens (tertiary/aromatic N) is 1. The second-order valence-corrected chi connectivity index (χ2v) is 5.47. The van der Waals surface area contributed by atoms with Crippen LogP contribution in [0.15, 0.2) is 18.5 Å². The molecule has 1 aromatic rings. The van der Waals surface area contributed by atoms with Crippen molar-refractivity contribution >= 4 is 17.7 Å². The molecule has 5 heteroatoms. The van der Waals surface area contributed by atoms with Gasteiger partial charge in [0.15, 0.2) is 0 Å². The quantitative estimate of drug-likeness (QED) is 0.793. The van der Waals surface area contributed by atoms with Crippen molar-refractivity contribution in [3.05, 3.63) is 29.6 Å². The van der Waals surface area contributed by atoms with Crippen LogP contribution >= 0.6 is 11.8 Å². The molecule has 1 aliphatic rings. The van der Waals surface area contributed by atoms with Gasteiger partial charge in [0, 0.05) is 18.4 Å². The Balaban J connectivity index is 2.09. The minimum absolute atomic E-state index is 0.110. The lowest BCUT2D eigenvalue weighted by atomic mass is 10.1. The summed E-state index contributed by atoms with van der Waals surface area (Å²) in [5, 5.41) is 11.8. The summed E-state index contributed by atoms with van der Waals surface area (Å²) in [6.45, 7) is -0.226. The predicted octanol–water partition coefficient (Wildman–Crippen LogP) is 1.05. The van der Waals surface area contributed by atoms with Crippen LogP contribution in [0.5, 0.6) is 0 Å². The second-order valence-electron chi connectivity index (χ2n) is 4.24. The van der Waals surface area contributed by atoms with Gasteiger partial charge in [-0.3, -0.25) is 9.78 Å². The Bertz CT molecular complexity index is 502. The summed E-state index contributed by atoms with van der Waals surface area (Å²) in [5.41, 5.74) is 1.08. The molecule has 2 rings (SSSR count). The molecular weight excluding hydrogens is 260 g/mol. The van der Waals surface area contributed by atoms with Crippen LogP contribution in [0.3, 0.4) is 0 Å². The number of hydrogen-bond acceptors (Lipinski definition) is 4. The summed E-state index contributed by atoms with van der Waals surface area (Å²) in [6.07, 6.45) is 5.16. The topological polar surface area (TPSA) is 62.2 Å². The minimum atomic E-state index is -0.226. The van der Waals surface area contributed by atoms with E-state index in [0.29, 0.717) is 11.1 Å². The highest BCUT2D eigenvalue weighted by molar-refractivity contribution is 7.99. The molecule has 4 nitrogen and oxygen atoms in total. The van der Waals surface area contributed by atoms with Gasteiger partial charge < -0.3 is 10.4 Å². The van der Waals surface area contributed by atoms with Gasteiger partial charge in [0.1, 0.15) is 6.61 Å². The first-order valence-electron chi connectivity index (χ1n) is 6.23. The fourth-order valence-electron chi connectivity index (χ4n) is 1.93. The van der Waals surface area contributed by atoms with Crippen LogP contribution in [0, 0.1) is 11.8 Å². The number of carbonyl (C=O) groups is 1. The molecule has 2 N–H and O–H groups in total. The van der Waals surface area contributed by atoms with E-state index in [1.807, 2.05) is 11.8 Å². The molecule has 0 unspecified atom stereocenters. The summed E-state index contributed by atoms with van der Waals surface area (Å²) < 4.78 is 0. The Kier molecular flexibility index (Phi) is 5.25. The first kappa shape index (κ1) is 13.9. The van der Waals surface area contributed by atoms with E-state index in [4.69, 9.17) is 5.11 Å². The molecule has 0 aliphatic carbocycles. The van der Waals surface area contributed by atoms with Crippen molar-refractivity contribution in [1.29, 1.82) is 0 Å². The number of hydrogen-bond donors (Lipinski definition) is 2. The number of aliphatic hydroxyl groups excluding tert-OH is 1. The monoisotopic (exact) mass is 276 g/mol. The first-order valence-corrected chi connectivity index (χ1v) is 7.39. The van der Waals surface area contributed by atoms with Gasteiger partial charge in [-0.15, -0.1) is 0 Å². The summed E-state index contributed by atoms with van der Waals surface area (Å²) in [7, 11) is 0. The molecule has 100 valence electrons. The summed E-state index contributed by atoms with van der Waals surface area (Å²) in [4.78, 5) is 16.2. The van der Waals surface area contributed by atoms with Crippen LogP contribution in [-0.2, 0) is 0 Å². The van der Waals surface area contributed by atoms with Gasteiger partial charge >= 0.3 is 0 Å². The molecule has 0 saturated carbocycles. The fourth-order valence-corrected chi connectivity index (χ4v) is 3.04. The number of thioether (sulfide) groups is 1. The molecular formula is C14H16N2O2S. The van der Waals surface area contributed by atoms with Crippen LogP contribution in [0.1, 0.15) is 28.8 Å². The molecule has 0 bridgehead atoms.